The van der Waals surface area contributed by atoms with E-state index in [1.54, 1.807) is 0 Å². The first-order valence-corrected chi connectivity index (χ1v) is 9.72. The molecule has 6 nitrogen and oxygen atoms in total. The van der Waals surface area contributed by atoms with E-state index < -0.39 is 5.54 Å². The van der Waals surface area contributed by atoms with Gasteiger partial charge in [-0.1, -0.05) is 42.5 Å². The van der Waals surface area contributed by atoms with Crippen molar-refractivity contribution in [3.63, 3.8) is 0 Å². The van der Waals surface area contributed by atoms with Gasteiger partial charge in [-0.05, 0) is 18.1 Å². The summed E-state index contributed by atoms with van der Waals surface area (Å²) in [5.41, 5.74) is 1.86. The van der Waals surface area contributed by atoms with Gasteiger partial charge in [-0.3, -0.25) is 9.69 Å². The van der Waals surface area contributed by atoms with Crippen molar-refractivity contribution in [1.29, 1.82) is 0 Å². The van der Waals surface area contributed by atoms with E-state index in [1.807, 2.05) is 42.3 Å². The highest BCUT2D eigenvalue weighted by Gasteiger charge is 2.52. The van der Waals surface area contributed by atoms with Gasteiger partial charge in [-0.2, -0.15) is 0 Å². The summed E-state index contributed by atoms with van der Waals surface area (Å²) in [6, 6.07) is 16.3. The summed E-state index contributed by atoms with van der Waals surface area (Å²) >= 11 is 0. The fraction of sp³-hybridized carbons (Fsp3) is 0.409. The van der Waals surface area contributed by atoms with Gasteiger partial charge in [0.15, 0.2) is 11.5 Å². The van der Waals surface area contributed by atoms with Crippen LogP contribution in [0.3, 0.4) is 0 Å². The Hall–Kier alpha value is -2.57. The smallest absolute Gasteiger partial charge is 0.249 e. The third-order valence-electron chi connectivity index (χ3n) is 6.29. The molecule has 6 heteroatoms. The van der Waals surface area contributed by atoms with E-state index in [1.165, 1.54) is 0 Å². The van der Waals surface area contributed by atoms with Gasteiger partial charge in [-0.15, -0.1) is 0 Å². The van der Waals surface area contributed by atoms with Gasteiger partial charge in [0.25, 0.3) is 0 Å². The Morgan fingerprint density at radius 3 is 2.82 bits per heavy atom. The number of rotatable bonds is 3. The van der Waals surface area contributed by atoms with Gasteiger partial charge in [0.2, 0.25) is 12.7 Å². The number of likely N-dealkylation sites (tertiary alicyclic amines) is 1. The average molecular weight is 380 g/mol. The summed E-state index contributed by atoms with van der Waals surface area (Å²) in [6.45, 7) is 2.83. The third kappa shape index (κ3) is 2.67. The SMILES string of the molecule is CN1C(=O)CO[C@@H]2CN(Cc3cccc4c3OCO4)CC[C@]21c1ccccc1. The van der Waals surface area contributed by atoms with Crippen molar-refractivity contribution in [2.75, 3.05) is 33.5 Å². The standard InChI is InChI=1S/C22H24N2O4/c1-23-20(25)14-26-19-13-24(11-10-22(19,23)17-7-3-2-4-8-17)12-16-6-5-9-18-21(16)28-15-27-18/h2-9,19H,10-15H2,1H3/t19-,22+/m1/s1. The zero-order chi connectivity index (χ0) is 19.1. The van der Waals surface area contributed by atoms with Crippen LogP contribution in [-0.2, 0) is 21.6 Å². The number of carbonyl (C=O) groups excluding carboxylic acids is 1. The second-order valence-corrected chi connectivity index (χ2v) is 7.68. The molecule has 0 spiro atoms. The molecule has 146 valence electrons. The average Bonchev–Trinajstić information content (AvgIpc) is 3.22. The van der Waals surface area contributed by atoms with Gasteiger partial charge in [0.05, 0.1) is 11.6 Å². The molecule has 2 fully saturated rings. The van der Waals surface area contributed by atoms with Gasteiger partial charge in [0.1, 0.15) is 6.61 Å². The minimum absolute atomic E-state index is 0.0416. The fourth-order valence-corrected chi connectivity index (χ4v) is 4.78. The van der Waals surface area contributed by atoms with Crippen molar-refractivity contribution < 1.29 is 19.0 Å². The Labute approximate surface area is 164 Å². The molecular weight excluding hydrogens is 356 g/mol. The normalized spacial score (nSPS) is 27.0. The molecule has 3 aliphatic rings. The number of amides is 1. The maximum Gasteiger partial charge on any atom is 0.249 e. The highest BCUT2D eigenvalue weighted by molar-refractivity contribution is 5.79. The molecule has 0 radical (unpaired) electrons. The minimum atomic E-state index is -0.411. The molecule has 0 aromatic heterocycles. The summed E-state index contributed by atoms with van der Waals surface area (Å²) in [6.07, 6.45) is 0.760. The number of hydrogen-bond donors (Lipinski definition) is 0. The van der Waals surface area contributed by atoms with Crippen molar-refractivity contribution in [3.05, 3.63) is 59.7 Å². The molecule has 2 atom stereocenters. The van der Waals surface area contributed by atoms with E-state index in [4.69, 9.17) is 14.2 Å². The molecule has 0 saturated carbocycles. The Kier molecular flexibility index (Phi) is 4.25. The van der Waals surface area contributed by atoms with Gasteiger partial charge >= 0.3 is 0 Å². The van der Waals surface area contributed by atoms with E-state index in [-0.39, 0.29) is 25.4 Å². The number of benzene rings is 2. The van der Waals surface area contributed by atoms with Crippen LogP contribution >= 0.6 is 0 Å². The lowest BCUT2D eigenvalue weighted by atomic mass is 9.76. The topological polar surface area (TPSA) is 51.2 Å². The van der Waals surface area contributed by atoms with Gasteiger partial charge in [-0.25, -0.2) is 0 Å². The Morgan fingerprint density at radius 2 is 1.96 bits per heavy atom. The highest BCUT2D eigenvalue weighted by Crippen LogP contribution is 2.43. The molecule has 3 aliphatic heterocycles. The van der Waals surface area contributed by atoms with Crippen LogP contribution in [0, 0.1) is 0 Å². The van der Waals surface area contributed by atoms with Crippen molar-refractivity contribution >= 4 is 5.91 Å². The molecule has 0 bridgehead atoms. The summed E-state index contributed by atoms with van der Waals surface area (Å²) in [5.74, 6) is 1.70. The van der Waals surface area contributed by atoms with Crippen LogP contribution in [0.15, 0.2) is 48.5 Å². The summed E-state index contributed by atoms with van der Waals surface area (Å²) in [7, 11) is 1.91. The zero-order valence-electron chi connectivity index (χ0n) is 16.0. The maximum atomic E-state index is 12.5. The van der Waals surface area contributed by atoms with Crippen LogP contribution in [-0.4, -0.2) is 55.3 Å². The number of nitrogens with zero attached hydrogens (tertiary/aromatic N) is 2. The van der Waals surface area contributed by atoms with Crippen LogP contribution in [0.4, 0.5) is 0 Å². The molecule has 0 aliphatic carbocycles. The zero-order valence-corrected chi connectivity index (χ0v) is 16.0. The molecule has 28 heavy (non-hydrogen) atoms. The lowest BCUT2D eigenvalue weighted by molar-refractivity contribution is -0.183. The number of fused-ring (bicyclic) bond motifs is 2. The lowest BCUT2D eigenvalue weighted by Crippen LogP contribution is -2.66. The monoisotopic (exact) mass is 380 g/mol. The number of piperidine rings is 1. The number of likely N-dealkylation sites (N-methyl/N-ethyl adjacent to an activating group) is 1. The number of hydrogen-bond acceptors (Lipinski definition) is 5. The van der Waals surface area contributed by atoms with Crippen LogP contribution in [0.25, 0.3) is 0 Å². The van der Waals surface area contributed by atoms with Crippen LogP contribution in [0.5, 0.6) is 11.5 Å². The first-order chi connectivity index (χ1) is 13.7. The molecule has 0 N–H and O–H groups in total. The summed E-state index contributed by atoms with van der Waals surface area (Å²) < 4.78 is 17.3. The first kappa shape index (κ1) is 17.5. The molecular formula is C22H24N2O4. The Bertz CT molecular complexity index is 887. The van der Waals surface area contributed by atoms with Crippen LogP contribution in [0.1, 0.15) is 17.5 Å². The maximum absolute atomic E-state index is 12.5. The quantitative estimate of drug-likeness (QED) is 0.818. The van der Waals surface area contributed by atoms with E-state index in [0.29, 0.717) is 0 Å². The van der Waals surface area contributed by atoms with Gasteiger partial charge < -0.3 is 19.1 Å². The van der Waals surface area contributed by atoms with Crippen molar-refractivity contribution in [3.8, 4) is 11.5 Å². The fourth-order valence-electron chi connectivity index (χ4n) is 4.78. The molecule has 2 saturated heterocycles. The molecule has 5 rings (SSSR count). The molecule has 0 unspecified atom stereocenters. The number of carbonyl (C=O) groups is 1. The van der Waals surface area contributed by atoms with Gasteiger partial charge in [0, 0.05) is 32.2 Å². The number of ether oxygens (including phenoxy) is 3. The van der Waals surface area contributed by atoms with E-state index in [0.717, 1.165) is 48.7 Å². The van der Waals surface area contributed by atoms with Crippen LogP contribution < -0.4 is 9.47 Å². The summed E-state index contributed by atoms with van der Waals surface area (Å²) in [4.78, 5) is 16.8. The highest BCUT2D eigenvalue weighted by atomic mass is 16.7. The molecule has 3 heterocycles. The Balaban J connectivity index is 1.42. The van der Waals surface area contributed by atoms with E-state index in [9.17, 15) is 4.79 Å². The van der Waals surface area contributed by atoms with Crippen LogP contribution in [0.2, 0.25) is 0 Å². The third-order valence-corrected chi connectivity index (χ3v) is 6.29. The number of para-hydroxylation sites is 1. The van der Waals surface area contributed by atoms with E-state index >= 15 is 0 Å². The lowest BCUT2D eigenvalue weighted by Gasteiger charge is -2.55. The summed E-state index contributed by atoms with van der Waals surface area (Å²) in [5, 5.41) is 0. The molecule has 2 aromatic rings. The molecule has 2 aromatic carbocycles. The van der Waals surface area contributed by atoms with Crippen molar-refractivity contribution in [2.24, 2.45) is 0 Å². The Morgan fingerprint density at radius 1 is 1.11 bits per heavy atom. The minimum Gasteiger partial charge on any atom is -0.454 e. The first-order valence-electron chi connectivity index (χ1n) is 9.72. The largest absolute Gasteiger partial charge is 0.454 e. The second-order valence-electron chi connectivity index (χ2n) is 7.68. The molecule has 1 amide bonds. The predicted molar refractivity (Wildman–Crippen MR) is 103 cm³/mol. The predicted octanol–water partition coefficient (Wildman–Crippen LogP) is 2.37. The van der Waals surface area contributed by atoms with Crippen molar-refractivity contribution in [1.82, 2.24) is 9.80 Å². The second kappa shape index (κ2) is 6.79. The van der Waals surface area contributed by atoms with E-state index in [2.05, 4.69) is 23.1 Å². The number of morpholine rings is 1. The van der Waals surface area contributed by atoms with Crippen molar-refractivity contribution in [2.45, 2.75) is 24.6 Å².